The molecule has 14 heavy (non-hydrogen) atoms. The molecule has 0 aromatic carbocycles. The molecule has 0 heterocycles. The molecular formula is C7H9N3O4. The monoisotopic (exact) mass is 199 g/mol. The molecule has 3 atom stereocenters. The van der Waals surface area contributed by atoms with Gasteiger partial charge in [0.05, 0.1) is 18.2 Å². The van der Waals surface area contributed by atoms with Gasteiger partial charge in [-0.15, -0.1) is 0 Å². The molecule has 76 valence electrons. The molecule has 7 heteroatoms. The Kier molecular flexibility index (Phi) is 3.08. The fourth-order valence-electron chi connectivity index (χ4n) is 1.31. The van der Waals surface area contributed by atoms with Crippen molar-refractivity contribution in [3.8, 4) is 0 Å². The van der Waals surface area contributed by atoms with Gasteiger partial charge in [-0.3, -0.25) is 0 Å². The minimum Gasteiger partial charge on any atom is -0.478 e. The molecule has 7 nitrogen and oxygen atoms in total. The molecule has 3 N–H and O–H groups in total. The summed E-state index contributed by atoms with van der Waals surface area (Å²) in [6, 6.07) is -1.01. The molecule has 0 fully saturated rings. The molecule has 0 aromatic heterocycles. The van der Waals surface area contributed by atoms with E-state index in [4.69, 9.17) is 10.6 Å². The largest absolute Gasteiger partial charge is 0.478 e. The summed E-state index contributed by atoms with van der Waals surface area (Å²) in [5.74, 6) is -1.19. The number of azide groups is 1. The van der Waals surface area contributed by atoms with Gasteiger partial charge in [-0.2, -0.15) is 0 Å². The summed E-state index contributed by atoms with van der Waals surface area (Å²) in [6.07, 6.45) is -1.46. The third-order valence-electron chi connectivity index (χ3n) is 2.00. The zero-order chi connectivity index (χ0) is 10.7. The summed E-state index contributed by atoms with van der Waals surface area (Å²) in [7, 11) is 0. The van der Waals surface area contributed by atoms with Gasteiger partial charge >= 0.3 is 5.97 Å². The molecule has 1 aliphatic rings. The van der Waals surface area contributed by atoms with Crippen molar-refractivity contribution in [3.05, 3.63) is 22.1 Å². The topological polar surface area (TPSA) is 127 Å². The number of hydrogen-bond acceptors (Lipinski definition) is 4. The Bertz CT molecular complexity index is 321. The maximum Gasteiger partial charge on any atom is 0.331 e. The highest BCUT2D eigenvalue weighted by Gasteiger charge is 2.32. The van der Waals surface area contributed by atoms with Crippen molar-refractivity contribution in [2.75, 3.05) is 0 Å². The van der Waals surface area contributed by atoms with Crippen molar-refractivity contribution >= 4 is 5.97 Å². The van der Waals surface area contributed by atoms with Crippen LogP contribution < -0.4 is 0 Å². The smallest absolute Gasteiger partial charge is 0.331 e. The van der Waals surface area contributed by atoms with Gasteiger partial charge < -0.3 is 15.3 Å². The van der Waals surface area contributed by atoms with Crippen molar-refractivity contribution in [1.82, 2.24) is 0 Å². The quantitative estimate of drug-likeness (QED) is 0.323. The number of aliphatic hydroxyl groups excluding tert-OH is 2. The van der Waals surface area contributed by atoms with E-state index in [1.807, 2.05) is 0 Å². The van der Waals surface area contributed by atoms with Crippen LogP contribution >= 0.6 is 0 Å². The normalized spacial score (nSPS) is 31.6. The number of carbonyl (C=O) groups is 1. The Balaban J connectivity index is 2.91. The summed E-state index contributed by atoms with van der Waals surface area (Å²) in [6.45, 7) is 0. The van der Waals surface area contributed by atoms with Crippen molar-refractivity contribution in [2.24, 2.45) is 5.11 Å². The summed E-state index contributed by atoms with van der Waals surface area (Å²) in [4.78, 5) is 13.0. The number of hydrogen-bond donors (Lipinski definition) is 3. The van der Waals surface area contributed by atoms with Gasteiger partial charge in [-0.1, -0.05) is 5.11 Å². The molecule has 0 radical (unpaired) electrons. The van der Waals surface area contributed by atoms with Crippen LogP contribution in [0.5, 0.6) is 0 Å². The number of carboxylic acid groups (broad SMARTS) is 1. The first-order valence-corrected chi connectivity index (χ1v) is 3.90. The van der Waals surface area contributed by atoms with Gasteiger partial charge in [-0.05, 0) is 11.6 Å². The number of aliphatic hydroxyl groups is 2. The van der Waals surface area contributed by atoms with Crippen LogP contribution in [-0.2, 0) is 4.79 Å². The van der Waals surface area contributed by atoms with E-state index in [-0.39, 0.29) is 12.0 Å². The van der Waals surface area contributed by atoms with E-state index in [1.54, 1.807) is 0 Å². The minimum atomic E-state index is -1.25. The Labute approximate surface area is 78.9 Å². The summed E-state index contributed by atoms with van der Waals surface area (Å²) in [5, 5.41) is 30.5. The van der Waals surface area contributed by atoms with E-state index in [1.165, 1.54) is 0 Å². The first-order chi connectivity index (χ1) is 6.56. The lowest BCUT2D eigenvalue weighted by atomic mass is 9.91. The Morgan fingerprint density at radius 1 is 1.64 bits per heavy atom. The zero-order valence-electron chi connectivity index (χ0n) is 7.11. The Morgan fingerprint density at radius 3 is 2.71 bits per heavy atom. The van der Waals surface area contributed by atoms with Crippen LogP contribution in [0.25, 0.3) is 10.4 Å². The van der Waals surface area contributed by atoms with E-state index < -0.39 is 24.2 Å². The predicted molar refractivity (Wildman–Crippen MR) is 45.3 cm³/mol. The Morgan fingerprint density at radius 2 is 2.29 bits per heavy atom. The second-order valence-corrected chi connectivity index (χ2v) is 2.95. The molecule has 0 bridgehead atoms. The third kappa shape index (κ3) is 2.02. The molecule has 0 aromatic rings. The van der Waals surface area contributed by atoms with Crippen LogP contribution in [0, 0.1) is 0 Å². The molecular weight excluding hydrogens is 190 g/mol. The van der Waals surface area contributed by atoms with Gasteiger partial charge in [0.2, 0.25) is 0 Å². The first-order valence-electron chi connectivity index (χ1n) is 3.90. The lowest BCUT2D eigenvalue weighted by Crippen LogP contribution is -2.39. The van der Waals surface area contributed by atoms with Crippen molar-refractivity contribution in [3.63, 3.8) is 0 Å². The second kappa shape index (κ2) is 4.10. The van der Waals surface area contributed by atoms with Crippen molar-refractivity contribution < 1.29 is 20.1 Å². The predicted octanol–water partition coefficient (Wildman–Crippen LogP) is -0.198. The fourth-order valence-corrected chi connectivity index (χ4v) is 1.31. The van der Waals surface area contributed by atoms with Gasteiger partial charge in [0, 0.05) is 16.9 Å². The molecule has 0 aliphatic heterocycles. The maximum atomic E-state index is 10.5. The van der Waals surface area contributed by atoms with Gasteiger partial charge in [0.15, 0.2) is 0 Å². The lowest BCUT2D eigenvalue weighted by Gasteiger charge is -2.26. The van der Waals surface area contributed by atoms with E-state index in [2.05, 4.69) is 10.0 Å². The van der Waals surface area contributed by atoms with E-state index in [0.717, 1.165) is 6.08 Å². The molecule has 0 saturated carbocycles. The molecule has 0 saturated heterocycles. The van der Waals surface area contributed by atoms with Crippen molar-refractivity contribution in [2.45, 2.75) is 24.7 Å². The van der Waals surface area contributed by atoms with Crippen LogP contribution in [-0.4, -0.2) is 39.5 Å². The van der Waals surface area contributed by atoms with Crippen LogP contribution in [0.2, 0.25) is 0 Å². The van der Waals surface area contributed by atoms with E-state index in [0.29, 0.717) is 0 Å². The first kappa shape index (κ1) is 10.5. The van der Waals surface area contributed by atoms with Crippen LogP contribution in [0.4, 0.5) is 0 Å². The third-order valence-corrected chi connectivity index (χ3v) is 2.00. The molecule has 1 aliphatic carbocycles. The number of aliphatic carboxylic acids is 1. The SMILES string of the molecule is [N-]=[N+]=N[C@H]1[C@H](O)C=C(C(=O)O)C[C@H]1O. The van der Waals surface area contributed by atoms with Gasteiger partial charge in [0.1, 0.15) is 0 Å². The summed E-state index contributed by atoms with van der Waals surface area (Å²) < 4.78 is 0. The van der Waals surface area contributed by atoms with Crippen LogP contribution in [0.1, 0.15) is 6.42 Å². The highest BCUT2D eigenvalue weighted by molar-refractivity contribution is 5.87. The maximum absolute atomic E-state index is 10.5. The number of nitrogens with zero attached hydrogens (tertiary/aromatic N) is 3. The van der Waals surface area contributed by atoms with Gasteiger partial charge in [-0.25, -0.2) is 4.79 Å². The van der Waals surface area contributed by atoms with E-state index >= 15 is 0 Å². The molecule has 0 amide bonds. The number of rotatable bonds is 2. The highest BCUT2D eigenvalue weighted by Crippen LogP contribution is 2.22. The Hall–Kier alpha value is -1.56. The average molecular weight is 199 g/mol. The summed E-state index contributed by atoms with van der Waals surface area (Å²) in [5.41, 5.74) is 8.05. The summed E-state index contributed by atoms with van der Waals surface area (Å²) >= 11 is 0. The van der Waals surface area contributed by atoms with E-state index in [9.17, 15) is 15.0 Å². The lowest BCUT2D eigenvalue weighted by molar-refractivity contribution is -0.133. The average Bonchev–Trinajstić information content (AvgIpc) is 2.10. The van der Waals surface area contributed by atoms with Crippen molar-refractivity contribution in [1.29, 1.82) is 0 Å². The highest BCUT2D eigenvalue weighted by atomic mass is 16.4. The van der Waals surface area contributed by atoms with Gasteiger partial charge in [0.25, 0.3) is 0 Å². The van der Waals surface area contributed by atoms with Crippen LogP contribution in [0.3, 0.4) is 0 Å². The zero-order valence-corrected chi connectivity index (χ0v) is 7.11. The fraction of sp³-hybridized carbons (Fsp3) is 0.571. The molecule has 0 unspecified atom stereocenters. The number of carboxylic acids is 1. The second-order valence-electron chi connectivity index (χ2n) is 2.95. The van der Waals surface area contributed by atoms with Crippen LogP contribution in [0.15, 0.2) is 16.8 Å². The molecule has 1 rings (SSSR count). The molecule has 0 spiro atoms. The minimum absolute atomic E-state index is 0.0746. The standard InChI is InChI=1S/C7H9N3O4/c8-10-9-6-4(11)1-3(7(13)14)2-5(6)12/h1,4-6,11-12H,2H2,(H,13,14)/t4-,5-,6+/m1/s1.